The summed E-state index contributed by atoms with van der Waals surface area (Å²) < 4.78 is 5.02. The smallest absolute Gasteiger partial charge is 0.325 e. The molecule has 0 amide bonds. The summed E-state index contributed by atoms with van der Waals surface area (Å²) in [6, 6.07) is 1.76. The highest BCUT2D eigenvalue weighted by atomic mass is 16.5. The number of ether oxygens (including phenoxy) is 1. The van der Waals surface area contributed by atoms with Gasteiger partial charge in [-0.1, -0.05) is 6.42 Å². The summed E-state index contributed by atoms with van der Waals surface area (Å²) in [6.45, 7) is 7.57. The monoisotopic (exact) mass is 282 g/mol. The van der Waals surface area contributed by atoms with Gasteiger partial charge in [0.1, 0.15) is 5.54 Å². The van der Waals surface area contributed by atoms with Crippen LogP contribution in [-0.4, -0.2) is 48.2 Å². The van der Waals surface area contributed by atoms with Gasteiger partial charge in [0.05, 0.1) is 7.11 Å². The molecule has 2 aliphatic rings. The van der Waals surface area contributed by atoms with Gasteiger partial charge in [-0.2, -0.15) is 0 Å². The molecule has 1 aliphatic heterocycles. The van der Waals surface area contributed by atoms with Crippen molar-refractivity contribution in [2.24, 2.45) is 0 Å². The number of piperidine rings is 1. The lowest BCUT2D eigenvalue weighted by molar-refractivity contribution is -0.148. The summed E-state index contributed by atoms with van der Waals surface area (Å²) in [7, 11) is 1.49. The van der Waals surface area contributed by atoms with Crippen LogP contribution in [0.2, 0.25) is 0 Å². The lowest BCUT2D eigenvalue weighted by Gasteiger charge is -2.41. The number of hydrogen-bond acceptors (Lipinski definition) is 4. The summed E-state index contributed by atoms with van der Waals surface area (Å²) in [6.07, 6.45) is 7.06. The Balaban J connectivity index is 1.94. The van der Waals surface area contributed by atoms with E-state index in [1.54, 1.807) is 0 Å². The first-order chi connectivity index (χ1) is 9.46. The second-order valence-electron chi connectivity index (χ2n) is 6.86. The first-order valence-corrected chi connectivity index (χ1v) is 8.08. The predicted octanol–water partition coefficient (Wildman–Crippen LogP) is 2.32. The van der Waals surface area contributed by atoms with Gasteiger partial charge >= 0.3 is 5.97 Å². The van der Waals surface area contributed by atoms with E-state index in [1.165, 1.54) is 39.2 Å². The van der Waals surface area contributed by atoms with Gasteiger partial charge in [0, 0.05) is 24.7 Å². The van der Waals surface area contributed by atoms with Crippen molar-refractivity contribution >= 4 is 5.97 Å². The zero-order chi connectivity index (χ0) is 14.8. The molecule has 1 N–H and O–H groups in total. The second kappa shape index (κ2) is 6.44. The molecule has 1 heterocycles. The Kier molecular flexibility index (Phi) is 5.08. The summed E-state index contributed by atoms with van der Waals surface area (Å²) in [5.41, 5.74) is -0.535. The van der Waals surface area contributed by atoms with E-state index in [2.05, 4.69) is 24.1 Å². The number of likely N-dealkylation sites (tertiary alicyclic amines) is 1. The minimum Gasteiger partial charge on any atom is -0.468 e. The third-order valence-corrected chi connectivity index (χ3v) is 4.98. The Morgan fingerprint density at radius 2 is 1.85 bits per heavy atom. The van der Waals surface area contributed by atoms with Crippen molar-refractivity contribution in [2.45, 2.75) is 83.0 Å². The molecule has 20 heavy (non-hydrogen) atoms. The largest absolute Gasteiger partial charge is 0.468 e. The van der Waals surface area contributed by atoms with Crippen LogP contribution in [0, 0.1) is 0 Å². The van der Waals surface area contributed by atoms with Crippen molar-refractivity contribution in [1.29, 1.82) is 0 Å². The number of carbonyl (C=O) groups excluding carboxylic acids is 1. The summed E-state index contributed by atoms with van der Waals surface area (Å²) >= 11 is 0. The number of hydrogen-bond donors (Lipinski definition) is 1. The molecule has 2 rings (SSSR count). The molecule has 0 spiro atoms. The molecule has 116 valence electrons. The van der Waals surface area contributed by atoms with Crippen molar-refractivity contribution in [2.75, 3.05) is 13.7 Å². The Bertz CT molecular complexity index is 333. The number of carbonyl (C=O) groups is 1. The molecule has 1 unspecified atom stereocenters. The third kappa shape index (κ3) is 3.73. The Hall–Kier alpha value is -0.610. The van der Waals surface area contributed by atoms with Crippen molar-refractivity contribution < 1.29 is 9.53 Å². The number of methoxy groups -OCH3 is 1. The van der Waals surface area contributed by atoms with Gasteiger partial charge in [-0.15, -0.1) is 0 Å². The van der Waals surface area contributed by atoms with Crippen molar-refractivity contribution in [1.82, 2.24) is 10.2 Å². The van der Waals surface area contributed by atoms with E-state index in [1.807, 2.05) is 6.92 Å². The van der Waals surface area contributed by atoms with Gasteiger partial charge in [0.2, 0.25) is 0 Å². The van der Waals surface area contributed by atoms with E-state index in [0.29, 0.717) is 18.1 Å². The molecule has 0 radical (unpaired) electrons. The lowest BCUT2D eigenvalue weighted by atomic mass is 9.93. The Labute approximate surface area is 123 Å². The maximum Gasteiger partial charge on any atom is 0.325 e. The molecule has 0 bridgehead atoms. The molecule has 0 aromatic heterocycles. The van der Waals surface area contributed by atoms with Gasteiger partial charge in [-0.3, -0.25) is 15.0 Å². The van der Waals surface area contributed by atoms with Crippen LogP contribution in [0.3, 0.4) is 0 Å². The van der Waals surface area contributed by atoms with Crippen molar-refractivity contribution in [3.63, 3.8) is 0 Å². The van der Waals surface area contributed by atoms with E-state index in [-0.39, 0.29) is 5.97 Å². The minimum atomic E-state index is -0.535. The summed E-state index contributed by atoms with van der Waals surface area (Å²) in [5, 5.41) is 3.49. The highest BCUT2D eigenvalue weighted by Crippen LogP contribution is 2.27. The fraction of sp³-hybridized carbons (Fsp3) is 0.938. The van der Waals surface area contributed by atoms with Crippen LogP contribution in [0.1, 0.15) is 59.3 Å². The Morgan fingerprint density at radius 3 is 2.35 bits per heavy atom. The molecule has 0 aromatic rings. The van der Waals surface area contributed by atoms with Crippen LogP contribution >= 0.6 is 0 Å². The summed E-state index contributed by atoms with van der Waals surface area (Å²) in [4.78, 5) is 14.7. The van der Waals surface area contributed by atoms with E-state index in [0.717, 1.165) is 13.0 Å². The second-order valence-corrected chi connectivity index (χ2v) is 6.86. The molecule has 4 heteroatoms. The van der Waals surface area contributed by atoms with E-state index in [4.69, 9.17) is 4.74 Å². The maximum absolute atomic E-state index is 12.1. The molecular weight excluding hydrogens is 252 g/mol. The molecule has 2 fully saturated rings. The summed E-state index contributed by atoms with van der Waals surface area (Å²) in [5.74, 6) is -0.123. The average molecular weight is 282 g/mol. The van der Waals surface area contributed by atoms with Crippen LogP contribution in [0.15, 0.2) is 0 Å². The van der Waals surface area contributed by atoms with Gasteiger partial charge in [0.25, 0.3) is 0 Å². The SMILES string of the molecule is COC(=O)C(C)(CCN1[C@H](C)CCC[C@@H]1C)NC1CC1. The standard InChI is InChI=1S/C16H30N2O2/c1-12-6-5-7-13(2)18(12)11-10-16(3,15(19)20-4)17-14-8-9-14/h12-14,17H,5-11H2,1-4H3/t12-,13+,16?. The first kappa shape index (κ1) is 15.8. The van der Waals surface area contributed by atoms with Crippen LogP contribution in [0.25, 0.3) is 0 Å². The van der Waals surface area contributed by atoms with Crippen molar-refractivity contribution in [3.8, 4) is 0 Å². The van der Waals surface area contributed by atoms with Crippen LogP contribution in [0.4, 0.5) is 0 Å². The van der Waals surface area contributed by atoms with Crippen LogP contribution in [0.5, 0.6) is 0 Å². The molecule has 1 aliphatic carbocycles. The molecular formula is C16H30N2O2. The topological polar surface area (TPSA) is 41.6 Å². The highest BCUT2D eigenvalue weighted by molar-refractivity contribution is 5.80. The quantitative estimate of drug-likeness (QED) is 0.759. The zero-order valence-electron chi connectivity index (χ0n) is 13.4. The fourth-order valence-corrected chi connectivity index (χ4v) is 3.40. The number of nitrogens with zero attached hydrogens (tertiary/aromatic N) is 1. The minimum absolute atomic E-state index is 0.123. The number of nitrogens with one attached hydrogen (secondary N) is 1. The Morgan fingerprint density at radius 1 is 1.25 bits per heavy atom. The highest BCUT2D eigenvalue weighted by Gasteiger charge is 2.40. The number of rotatable bonds is 6. The first-order valence-electron chi connectivity index (χ1n) is 8.08. The van der Waals surface area contributed by atoms with E-state index in [9.17, 15) is 4.79 Å². The zero-order valence-corrected chi connectivity index (χ0v) is 13.4. The molecule has 1 saturated carbocycles. The number of esters is 1. The normalized spacial score (nSPS) is 30.8. The lowest BCUT2D eigenvalue weighted by Crippen LogP contribution is -2.54. The van der Waals surface area contributed by atoms with Crippen molar-refractivity contribution in [3.05, 3.63) is 0 Å². The average Bonchev–Trinajstić information content (AvgIpc) is 3.21. The molecule has 4 nitrogen and oxygen atoms in total. The van der Waals surface area contributed by atoms with Gasteiger partial charge < -0.3 is 4.74 Å². The van der Waals surface area contributed by atoms with Gasteiger partial charge in [-0.25, -0.2) is 0 Å². The van der Waals surface area contributed by atoms with Gasteiger partial charge in [0.15, 0.2) is 0 Å². The molecule has 1 saturated heterocycles. The van der Waals surface area contributed by atoms with Gasteiger partial charge in [-0.05, 0) is 52.9 Å². The van der Waals surface area contributed by atoms with Crippen LogP contribution in [-0.2, 0) is 9.53 Å². The molecule has 0 aromatic carbocycles. The molecule has 3 atom stereocenters. The van der Waals surface area contributed by atoms with E-state index >= 15 is 0 Å². The third-order valence-electron chi connectivity index (χ3n) is 4.98. The van der Waals surface area contributed by atoms with E-state index < -0.39 is 5.54 Å². The fourth-order valence-electron chi connectivity index (χ4n) is 3.40. The predicted molar refractivity (Wildman–Crippen MR) is 80.7 cm³/mol. The maximum atomic E-state index is 12.1. The van der Waals surface area contributed by atoms with Crippen LogP contribution < -0.4 is 5.32 Å².